The van der Waals surface area contributed by atoms with Crippen LogP contribution >= 0.6 is 60.4 Å². The largest absolute Gasteiger partial charge is 0.395 e. The molecule has 0 aliphatic heterocycles. The van der Waals surface area contributed by atoms with Gasteiger partial charge in [0.1, 0.15) is 0 Å². The molecule has 0 aliphatic rings. The topological polar surface area (TPSA) is 140 Å². The van der Waals surface area contributed by atoms with Crippen molar-refractivity contribution in [1.82, 2.24) is 15.1 Å². The molecular formula is C28H47Cl2I3N3O6-. The molecule has 0 atom stereocenters. The second-order valence-electron chi connectivity index (χ2n) is 8.50. The maximum absolute atomic E-state index is 9.11. The van der Waals surface area contributed by atoms with Crippen LogP contribution in [0.15, 0.2) is 48.5 Å². The fraction of sp³-hybridized carbons (Fsp3) is 0.571. The minimum atomic E-state index is 0.0588. The Kier molecular flexibility index (Phi) is 37.2. The number of aliphatic hydroxyl groups is 6. The van der Waals surface area contributed by atoms with Crippen LogP contribution in [0.5, 0.6) is 0 Å². The molecule has 0 bridgehead atoms. The Morgan fingerprint density at radius 2 is 0.833 bits per heavy atom. The fourth-order valence-corrected chi connectivity index (χ4v) is 4.08. The number of nitrogens with zero attached hydrogens (tertiary/aromatic N) is 2. The van der Waals surface area contributed by atoms with Crippen molar-refractivity contribution in [3.63, 3.8) is 0 Å². The molecule has 42 heavy (non-hydrogen) atoms. The van der Waals surface area contributed by atoms with Crippen molar-refractivity contribution in [3.8, 4) is 0 Å². The van der Waals surface area contributed by atoms with E-state index in [-0.39, 0.29) is 39.6 Å². The van der Waals surface area contributed by atoms with Gasteiger partial charge in [-0.1, -0.05) is 48.5 Å². The van der Waals surface area contributed by atoms with Crippen molar-refractivity contribution in [2.75, 3.05) is 78.9 Å². The van der Waals surface area contributed by atoms with E-state index in [1.165, 1.54) is 0 Å². The standard InChI is InChI=1S/C16H28N2O4.C8H8Cl2.C4H11NO2.I3/c19-9-5-17(6-10-20)13-15-3-1-2-4-16(15)14-18(7-11-21)8-12-22;9-5-7-3-1-2-4-8(7)6-10;6-3-1-5-2-4-7;1-3-2/h1-4,19-22H,5-14H2;1-4H,5-6H2;5-7H,1-4H2;/q;;;-1. The molecule has 14 heteroatoms. The minimum absolute atomic E-state index is 0.0588. The van der Waals surface area contributed by atoms with Crippen LogP contribution in [0.3, 0.4) is 0 Å². The fourth-order valence-electron chi connectivity index (χ4n) is 3.55. The summed E-state index contributed by atoms with van der Waals surface area (Å²) in [5, 5.41) is 55.5. The van der Waals surface area contributed by atoms with E-state index in [1.54, 1.807) is 0 Å². The van der Waals surface area contributed by atoms with Crippen molar-refractivity contribution >= 4 is 60.4 Å². The van der Waals surface area contributed by atoms with E-state index in [2.05, 4.69) is 42.5 Å². The Balaban J connectivity index is 0. The molecular weight excluding hydrogens is 926 g/mol. The van der Waals surface area contributed by atoms with E-state index in [0.717, 1.165) is 22.3 Å². The molecule has 0 radical (unpaired) electrons. The molecule has 0 aromatic heterocycles. The Bertz CT molecular complexity index is 777. The monoisotopic (exact) mass is 972 g/mol. The summed E-state index contributed by atoms with van der Waals surface area (Å²) in [6, 6.07) is 15.9. The van der Waals surface area contributed by atoms with E-state index in [0.29, 0.717) is 77.4 Å². The van der Waals surface area contributed by atoms with Gasteiger partial charge in [-0.05, 0) is 22.3 Å². The smallest absolute Gasteiger partial charge is 0.0558 e. The van der Waals surface area contributed by atoms with Crippen LogP contribution in [0.1, 0.15) is 22.3 Å². The maximum atomic E-state index is 9.11. The number of halogens is 5. The van der Waals surface area contributed by atoms with Gasteiger partial charge in [-0.25, -0.2) is 0 Å². The summed E-state index contributed by atoms with van der Waals surface area (Å²) in [5.74, 6) is 1.09. The number of aliphatic hydroxyl groups excluding tert-OH is 6. The van der Waals surface area contributed by atoms with Crippen molar-refractivity contribution < 1.29 is 43.9 Å². The summed E-state index contributed by atoms with van der Waals surface area (Å²) in [4.78, 5) is 4.00. The first-order valence-electron chi connectivity index (χ1n) is 13.4. The number of alkyl halides is 2. The molecule has 0 unspecified atom stereocenters. The summed E-state index contributed by atoms with van der Waals surface area (Å²) in [6.07, 6.45) is 0. The van der Waals surface area contributed by atoms with E-state index < -0.39 is 0 Å². The average Bonchev–Trinajstić information content (AvgIpc) is 3.00. The molecule has 2 aromatic carbocycles. The number of benzene rings is 2. The Morgan fingerprint density at radius 1 is 0.548 bits per heavy atom. The van der Waals surface area contributed by atoms with Gasteiger partial charge in [-0.15, -0.1) is 23.2 Å². The van der Waals surface area contributed by atoms with E-state index in [4.69, 9.17) is 53.8 Å². The molecule has 0 heterocycles. The summed E-state index contributed by atoms with van der Waals surface area (Å²) in [5.41, 5.74) is 4.51. The van der Waals surface area contributed by atoms with Crippen LogP contribution in [-0.4, -0.2) is 119 Å². The predicted octanol–water partition coefficient (Wildman–Crippen LogP) is -0.240. The summed E-state index contributed by atoms with van der Waals surface area (Å²) < 4.78 is 0. The van der Waals surface area contributed by atoms with Gasteiger partial charge in [0.15, 0.2) is 0 Å². The predicted molar refractivity (Wildman–Crippen MR) is 186 cm³/mol. The van der Waals surface area contributed by atoms with Crippen LogP contribution in [-0.2, 0) is 24.8 Å². The van der Waals surface area contributed by atoms with Crippen LogP contribution < -0.4 is 18.6 Å². The van der Waals surface area contributed by atoms with E-state index in [9.17, 15) is 0 Å². The number of rotatable bonds is 18. The summed E-state index contributed by atoms with van der Waals surface area (Å²) in [7, 11) is 0. The van der Waals surface area contributed by atoms with Crippen LogP contribution in [0.2, 0.25) is 0 Å². The van der Waals surface area contributed by atoms with Gasteiger partial charge in [0.2, 0.25) is 0 Å². The second-order valence-corrected chi connectivity index (χ2v) is 25.3. The van der Waals surface area contributed by atoms with Gasteiger partial charge in [-0.3, -0.25) is 9.80 Å². The average molecular weight is 973 g/mol. The van der Waals surface area contributed by atoms with Gasteiger partial charge in [0.25, 0.3) is 0 Å². The Morgan fingerprint density at radius 3 is 1.07 bits per heavy atom. The van der Waals surface area contributed by atoms with E-state index >= 15 is 0 Å². The second kappa shape index (κ2) is 34.7. The van der Waals surface area contributed by atoms with Gasteiger partial charge < -0.3 is 36.0 Å². The molecule has 9 nitrogen and oxygen atoms in total. The molecule has 7 N–H and O–H groups in total. The molecule has 0 fully saturated rings. The number of nitrogens with one attached hydrogen (secondary N) is 1. The molecule has 0 saturated heterocycles. The van der Waals surface area contributed by atoms with Crippen molar-refractivity contribution in [2.24, 2.45) is 0 Å². The number of hydrogen-bond donors (Lipinski definition) is 7. The molecule has 0 spiro atoms. The van der Waals surface area contributed by atoms with Crippen LogP contribution in [0.4, 0.5) is 0 Å². The third-order valence-electron chi connectivity index (χ3n) is 5.55. The first kappa shape index (κ1) is 45.0. The Labute approximate surface area is 291 Å². The zero-order valence-corrected chi connectivity index (χ0v) is 31.9. The zero-order valence-electron chi connectivity index (χ0n) is 23.9. The number of hydrogen-bond acceptors (Lipinski definition) is 9. The SMILES string of the molecule is ClCc1ccccc1CCl.I[I-]I.OCCN(CCO)Cc1ccccc1CN(CCO)CCO.OCCNCCO. The van der Waals surface area contributed by atoms with Crippen LogP contribution in [0, 0.1) is 0 Å². The minimum Gasteiger partial charge on any atom is -0.395 e. The summed E-state index contributed by atoms with van der Waals surface area (Å²) >= 11 is 16.6. The van der Waals surface area contributed by atoms with Crippen molar-refractivity contribution in [3.05, 3.63) is 70.8 Å². The first-order valence-corrected chi connectivity index (χ1v) is 27.0. The van der Waals surface area contributed by atoms with Crippen LogP contribution in [0.25, 0.3) is 0 Å². The van der Waals surface area contributed by atoms with Gasteiger partial charge in [-0.2, -0.15) is 0 Å². The molecule has 2 aromatic rings. The third kappa shape index (κ3) is 25.1. The van der Waals surface area contributed by atoms with Gasteiger partial charge in [0.05, 0.1) is 39.6 Å². The normalized spacial score (nSPS) is 10.5. The molecule has 2 rings (SSSR count). The Hall–Kier alpha value is 0.850. The molecule has 0 saturated carbocycles. The quantitative estimate of drug-likeness (QED) is 0.0614. The van der Waals surface area contributed by atoms with Crippen molar-refractivity contribution in [2.45, 2.75) is 24.8 Å². The molecule has 0 amide bonds. The van der Waals surface area contributed by atoms with E-state index in [1.807, 2.05) is 58.3 Å². The third-order valence-corrected chi connectivity index (χ3v) is 6.13. The maximum Gasteiger partial charge on any atom is 0.0558 e. The summed E-state index contributed by atoms with van der Waals surface area (Å²) in [6.45, 7) is 5.04. The van der Waals surface area contributed by atoms with Gasteiger partial charge in [0, 0.05) is 64.1 Å². The molecule has 0 aliphatic carbocycles. The molecule has 246 valence electrons. The zero-order chi connectivity index (χ0) is 31.8. The van der Waals surface area contributed by atoms with Gasteiger partial charge >= 0.3 is 50.5 Å². The first-order chi connectivity index (χ1) is 20.5. The van der Waals surface area contributed by atoms with Crippen molar-refractivity contribution in [1.29, 1.82) is 0 Å².